The summed E-state index contributed by atoms with van der Waals surface area (Å²) in [4.78, 5) is 28.1. The highest BCUT2D eigenvalue weighted by Gasteiger charge is 2.39. The van der Waals surface area contributed by atoms with Gasteiger partial charge in [0.1, 0.15) is 29.0 Å². The molecule has 3 rings (SSSR count). The lowest BCUT2D eigenvalue weighted by molar-refractivity contribution is -0.122. The number of nitrogens with zero attached hydrogens (tertiary/aromatic N) is 1. The first-order chi connectivity index (χ1) is 18.8. The van der Waals surface area contributed by atoms with Gasteiger partial charge >= 0.3 is 6.09 Å². The third kappa shape index (κ3) is 7.69. The number of hydrogen-bond donors (Lipinski definition) is 1. The highest BCUT2D eigenvalue weighted by molar-refractivity contribution is 5.98. The summed E-state index contributed by atoms with van der Waals surface area (Å²) in [6.45, 7) is 11.9. The number of amides is 2. The SMILES string of the molecule is CCOc1ccc2c(c1)CCN(C(=O)OC(C)(C)C)[C@@H]2C(=O)Nc1cc(F)c(C(C)(C)COCCOC)c(F)c1. The van der Waals surface area contributed by atoms with Gasteiger partial charge in [-0.3, -0.25) is 9.69 Å². The number of carbonyl (C=O) groups excluding carboxylic acids is 2. The lowest BCUT2D eigenvalue weighted by atomic mass is 9.84. The van der Waals surface area contributed by atoms with Gasteiger partial charge in [0.05, 0.1) is 26.4 Å². The van der Waals surface area contributed by atoms with E-state index in [4.69, 9.17) is 18.9 Å². The number of fused-ring (bicyclic) bond motifs is 1. The van der Waals surface area contributed by atoms with E-state index in [2.05, 4.69) is 5.32 Å². The van der Waals surface area contributed by atoms with E-state index in [1.54, 1.807) is 46.8 Å². The fourth-order valence-electron chi connectivity index (χ4n) is 4.70. The first-order valence-electron chi connectivity index (χ1n) is 13.4. The second-order valence-corrected chi connectivity index (χ2v) is 11.4. The van der Waals surface area contributed by atoms with Crippen LogP contribution in [0.25, 0.3) is 0 Å². The van der Waals surface area contributed by atoms with Crippen molar-refractivity contribution in [3.8, 4) is 5.75 Å². The zero-order valence-electron chi connectivity index (χ0n) is 24.4. The van der Waals surface area contributed by atoms with Crippen molar-refractivity contribution in [1.82, 2.24) is 4.90 Å². The second kappa shape index (κ2) is 13.0. The summed E-state index contributed by atoms with van der Waals surface area (Å²) >= 11 is 0. The van der Waals surface area contributed by atoms with Gasteiger partial charge in [0.25, 0.3) is 5.91 Å². The number of benzene rings is 2. The van der Waals surface area contributed by atoms with E-state index in [1.807, 2.05) is 13.0 Å². The van der Waals surface area contributed by atoms with Crippen molar-refractivity contribution in [1.29, 1.82) is 0 Å². The molecular formula is C30H40F2N2O6. The second-order valence-electron chi connectivity index (χ2n) is 11.4. The van der Waals surface area contributed by atoms with E-state index in [0.717, 1.165) is 17.7 Å². The Morgan fingerprint density at radius 3 is 2.33 bits per heavy atom. The lowest BCUT2D eigenvalue weighted by Gasteiger charge is -2.37. The first kappa shape index (κ1) is 31.3. The van der Waals surface area contributed by atoms with Gasteiger partial charge in [0, 0.05) is 30.3 Å². The summed E-state index contributed by atoms with van der Waals surface area (Å²) in [5.74, 6) is -1.60. The molecule has 1 atom stereocenters. The molecule has 0 radical (unpaired) electrons. The molecule has 0 saturated carbocycles. The van der Waals surface area contributed by atoms with Crippen LogP contribution < -0.4 is 10.1 Å². The molecule has 0 saturated heterocycles. The van der Waals surface area contributed by atoms with Crippen molar-refractivity contribution in [2.45, 2.75) is 65.0 Å². The van der Waals surface area contributed by atoms with Crippen LogP contribution in [0, 0.1) is 11.6 Å². The van der Waals surface area contributed by atoms with Gasteiger partial charge in [-0.25, -0.2) is 13.6 Å². The molecule has 1 heterocycles. The molecular weight excluding hydrogens is 522 g/mol. The van der Waals surface area contributed by atoms with Gasteiger partial charge in [-0.2, -0.15) is 0 Å². The fourth-order valence-corrected chi connectivity index (χ4v) is 4.70. The van der Waals surface area contributed by atoms with Crippen LogP contribution in [0.3, 0.4) is 0 Å². The molecule has 1 N–H and O–H groups in total. The number of nitrogens with one attached hydrogen (secondary N) is 1. The molecule has 0 aliphatic carbocycles. The normalized spacial score (nSPS) is 15.4. The summed E-state index contributed by atoms with van der Waals surface area (Å²) in [7, 11) is 1.54. The Morgan fingerprint density at radius 2 is 1.73 bits per heavy atom. The van der Waals surface area contributed by atoms with Crippen LogP contribution >= 0.6 is 0 Å². The van der Waals surface area contributed by atoms with Gasteiger partial charge in [-0.05, 0) is 69.5 Å². The molecule has 0 aromatic heterocycles. The molecule has 0 spiro atoms. The Hall–Kier alpha value is -3.24. The maximum Gasteiger partial charge on any atom is 0.411 e. The van der Waals surface area contributed by atoms with Crippen LogP contribution in [0.15, 0.2) is 30.3 Å². The Bertz CT molecular complexity index is 1190. The standard InChI is InChI=1S/C30H40F2N2O6/c1-8-39-21-9-10-22-19(15-21)11-12-34(28(36)40-29(2,3)4)26(22)27(35)33-20-16-23(31)25(24(32)17-20)30(5,6)18-38-14-13-37-7/h9-10,15-17,26H,8,11-14,18H2,1-7H3,(H,33,35)/t26-/m0/s1. The van der Waals surface area contributed by atoms with Gasteiger partial charge in [-0.1, -0.05) is 19.9 Å². The smallest absolute Gasteiger partial charge is 0.411 e. The third-order valence-corrected chi connectivity index (χ3v) is 6.41. The third-order valence-electron chi connectivity index (χ3n) is 6.41. The van der Waals surface area contributed by atoms with E-state index >= 15 is 8.78 Å². The molecule has 0 fully saturated rings. The van der Waals surface area contributed by atoms with Crippen LogP contribution in [0.4, 0.5) is 19.3 Å². The van der Waals surface area contributed by atoms with Crippen LogP contribution in [0.5, 0.6) is 5.75 Å². The zero-order chi connectivity index (χ0) is 29.7. The maximum atomic E-state index is 15.3. The minimum atomic E-state index is -1.08. The van der Waals surface area contributed by atoms with Crippen molar-refractivity contribution in [3.63, 3.8) is 0 Å². The molecule has 2 amide bonds. The molecule has 2 aromatic carbocycles. The van der Waals surface area contributed by atoms with E-state index in [-0.39, 0.29) is 24.4 Å². The summed E-state index contributed by atoms with van der Waals surface area (Å²) in [5.41, 5.74) is -0.539. The molecule has 0 unspecified atom stereocenters. The van der Waals surface area contributed by atoms with E-state index in [1.165, 1.54) is 12.0 Å². The Balaban J connectivity index is 1.91. The monoisotopic (exact) mass is 562 g/mol. The first-order valence-corrected chi connectivity index (χ1v) is 13.4. The lowest BCUT2D eigenvalue weighted by Crippen LogP contribution is -2.47. The topological polar surface area (TPSA) is 86.3 Å². The largest absolute Gasteiger partial charge is 0.494 e. The summed E-state index contributed by atoms with van der Waals surface area (Å²) in [6.07, 6.45) is -0.172. The van der Waals surface area contributed by atoms with Gasteiger partial charge in [-0.15, -0.1) is 0 Å². The highest BCUT2D eigenvalue weighted by Crippen LogP contribution is 2.36. The predicted molar refractivity (Wildman–Crippen MR) is 148 cm³/mol. The molecule has 8 nitrogen and oxygen atoms in total. The summed E-state index contributed by atoms with van der Waals surface area (Å²) in [5, 5.41) is 2.61. The molecule has 10 heteroatoms. The number of anilines is 1. The maximum absolute atomic E-state index is 15.3. The van der Waals surface area contributed by atoms with Crippen molar-refractivity contribution >= 4 is 17.7 Å². The Kier molecular flexibility index (Phi) is 10.1. The fraction of sp³-hybridized carbons (Fsp3) is 0.533. The van der Waals surface area contributed by atoms with E-state index in [0.29, 0.717) is 37.6 Å². The van der Waals surface area contributed by atoms with Crippen molar-refractivity contribution in [3.05, 3.63) is 58.7 Å². The zero-order valence-corrected chi connectivity index (χ0v) is 24.4. The van der Waals surface area contributed by atoms with E-state index < -0.39 is 40.7 Å². The van der Waals surface area contributed by atoms with Gasteiger partial charge < -0.3 is 24.3 Å². The molecule has 1 aliphatic heterocycles. The van der Waals surface area contributed by atoms with Crippen molar-refractivity contribution in [2.75, 3.05) is 45.4 Å². The summed E-state index contributed by atoms with van der Waals surface area (Å²) in [6, 6.07) is 6.38. The molecule has 220 valence electrons. The predicted octanol–water partition coefficient (Wildman–Crippen LogP) is 5.78. The number of ether oxygens (including phenoxy) is 4. The highest BCUT2D eigenvalue weighted by atomic mass is 19.1. The Morgan fingerprint density at radius 1 is 1.05 bits per heavy atom. The number of hydrogen-bond acceptors (Lipinski definition) is 6. The van der Waals surface area contributed by atoms with Crippen molar-refractivity contribution in [2.24, 2.45) is 0 Å². The van der Waals surface area contributed by atoms with Crippen LogP contribution in [-0.2, 0) is 30.8 Å². The summed E-state index contributed by atoms with van der Waals surface area (Å²) < 4.78 is 52.1. The molecule has 2 aromatic rings. The molecule has 1 aliphatic rings. The van der Waals surface area contributed by atoms with Crippen LogP contribution in [-0.4, -0.2) is 62.6 Å². The quantitative estimate of drug-likeness (QED) is 0.370. The average molecular weight is 563 g/mol. The van der Waals surface area contributed by atoms with Crippen LogP contribution in [0.2, 0.25) is 0 Å². The average Bonchev–Trinajstić information content (AvgIpc) is 2.84. The van der Waals surface area contributed by atoms with Crippen molar-refractivity contribution < 1.29 is 37.3 Å². The number of carbonyl (C=O) groups is 2. The molecule has 40 heavy (non-hydrogen) atoms. The minimum absolute atomic E-state index is 0.0675. The Labute approximate surface area is 234 Å². The van der Waals surface area contributed by atoms with Gasteiger partial charge in [0.2, 0.25) is 0 Å². The number of rotatable bonds is 10. The van der Waals surface area contributed by atoms with Crippen LogP contribution in [0.1, 0.15) is 64.3 Å². The number of halogens is 2. The van der Waals surface area contributed by atoms with Gasteiger partial charge in [0.15, 0.2) is 0 Å². The number of methoxy groups -OCH3 is 1. The molecule has 0 bridgehead atoms. The minimum Gasteiger partial charge on any atom is -0.494 e. The van der Waals surface area contributed by atoms with E-state index in [9.17, 15) is 9.59 Å².